The van der Waals surface area contributed by atoms with Gasteiger partial charge in [-0.15, -0.1) is 202 Å². The van der Waals surface area contributed by atoms with Crippen LogP contribution in [-0.4, -0.2) is 206 Å². The van der Waals surface area contributed by atoms with Gasteiger partial charge in [-0.25, -0.2) is 0 Å². The van der Waals surface area contributed by atoms with Crippen LogP contribution in [-0.2, 0) is 0 Å². The first-order chi connectivity index (χ1) is 34.6. The van der Waals surface area contributed by atoms with Crippen LogP contribution in [0.25, 0.3) is 0 Å². The normalized spacial score (nSPS) is 4.44. The van der Waals surface area contributed by atoms with Crippen LogP contribution in [0.4, 0.5) is 0 Å². The molecule has 0 aromatic heterocycles. The van der Waals surface area contributed by atoms with Gasteiger partial charge in [0.1, 0.15) is 0 Å². The molecule has 108 heteroatoms. The lowest BCUT2D eigenvalue weighted by Crippen LogP contribution is -1.81. The number of rotatable bonds is 0. The molecule has 0 aliphatic heterocycles. The standard InChI is InChI=1S/20HNO3.28H3N/c20*2-1(3)4;;;;;;;;;;;;;;;;;;;;;;;;;;;;/h20*(H,2,3,4);28*1H3. The summed E-state index contributed by atoms with van der Waals surface area (Å²) < 4.78 is 0. The molecule has 0 amide bonds. The van der Waals surface area contributed by atoms with Crippen LogP contribution in [0.2, 0.25) is 0 Å². The van der Waals surface area contributed by atoms with E-state index in [4.69, 9.17) is 306 Å². The van der Waals surface area contributed by atoms with E-state index in [9.17, 15) is 0 Å². The van der Waals surface area contributed by atoms with Gasteiger partial charge in [-0.3, -0.25) is 0 Å². The zero-order chi connectivity index (χ0) is 71.5. The maximum Gasteiger partial charge on any atom is 0.291 e. The van der Waals surface area contributed by atoms with Gasteiger partial charge in [0, 0.05) is 0 Å². The van der Waals surface area contributed by atoms with Crippen LogP contribution < -0.4 is 172 Å². The third kappa shape index (κ3) is 2340. The molecule has 0 bridgehead atoms. The molecule has 0 heterocycles. The summed E-state index contributed by atoms with van der Waals surface area (Å²) in [6, 6.07) is 0. The summed E-state index contributed by atoms with van der Waals surface area (Å²) in [5.41, 5.74) is 0. The van der Waals surface area contributed by atoms with Crippen molar-refractivity contribution in [2.24, 2.45) is 0 Å². The van der Waals surface area contributed by atoms with Crippen LogP contribution in [0.15, 0.2) is 0 Å². The quantitative estimate of drug-likeness (QED) is 0.0887. The topological polar surface area (TPSA) is 2250 Å². The predicted octanol–water partition coefficient (Wildman–Crippen LogP) is -2.42. The Balaban J connectivity index is -0.00000000753. The van der Waals surface area contributed by atoms with E-state index in [1.54, 1.807) is 0 Å². The summed E-state index contributed by atoms with van der Waals surface area (Å²) in [5.74, 6) is 0. The fraction of sp³-hybridized carbons (Fsp3) is 0. The van der Waals surface area contributed by atoms with Crippen molar-refractivity contribution in [3.8, 4) is 0 Å². The average molecular weight is 1740 g/mol. The Morgan fingerprint density at radius 3 is 0.0833 bits per heavy atom. The molecule has 0 saturated carbocycles. The molecule has 0 fully saturated rings. The van der Waals surface area contributed by atoms with E-state index in [-0.39, 0.29) is 172 Å². The maximum absolute atomic E-state index is 8.36. The lowest BCUT2D eigenvalue weighted by molar-refractivity contribution is -0.742. The second-order valence-electron chi connectivity index (χ2n) is 4.76. The molecule has 108 heavy (non-hydrogen) atoms. The van der Waals surface area contributed by atoms with Gasteiger partial charge in [-0.05, 0) is 0 Å². The van der Waals surface area contributed by atoms with E-state index in [1.165, 1.54) is 0 Å². The van der Waals surface area contributed by atoms with Crippen molar-refractivity contribution < 1.29 is 206 Å². The highest BCUT2D eigenvalue weighted by atomic mass is 16.9. The van der Waals surface area contributed by atoms with Gasteiger partial charge in [0.15, 0.2) is 0 Å². The highest BCUT2D eigenvalue weighted by Crippen LogP contribution is 1.45. The van der Waals surface area contributed by atoms with Crippen molar-refractivity contribution in [1.29, 1.82) is 0 Å². The monoisotopic (exact) mass is 1740 g/mol. The van der Waals surface area contributed by atoms with E-state index in [2.05, 4.69) is 0 Å². The van der Waals surface area contributed by atoms with Crippen LogP contribution in [0.3, 0.4) is 0 Å². The highest BCUT2D eigenvalue weighted by molar-refractivity contribution is 3.89. The Morgan fingerprint density at radius 2 is 0.0833 bits per heavy atom. The van der Waals surface area contributed by atoms with Gasteiger partial charge in [-0.2, -0.15) is 0 Å². The number of nitrogens with zero attached hydrogens (tertiary/aromatic N) is 20. The Bertz CT molecular complexity index is 1090. The first kappa shape index (κ1) is 399. The number of hydrogen-bond acceptors (Lipinski definition) is 68. The van der Waals surface area contributed by atoms with Crippen LogP contribution in [0.1, 0.15) is 0 Å². The zero-order valence-electron chi connectivity index (χ0n) is 54.0. The fourth-order valence-electron chi connectivity index (χ4n) is 0. The van der Waals surface area contributed by atoms with Gasteiger partial charge in [-0.1, -0.05) is 0 Å². The highest BCUT2D eigenvalue weighted by Gasteiger charge is 1.72. The lowest BCUT2D eigenvalue weighted by atomic mass is 13.1. The maximum atomic E-state index is 8.36. The van der Waals surface area contributed by atoms with Crippen molar-refractivity contribution in [3.63, 3.8) is 0 Å². The molecule has 704 valence electrons. The van der Waals surface area contributed by atoms with Crippen molar-refractivity contribution in [2.45, 2.75) is 0 Å². The molecule has 0 aliphatic carbocycles. The van der Waals surface area contributed by atoms with Gasteiger partial charge in [0.05, 0.1) is 0 Å². The summed E-state index contributed by atoms with van der Waals surface area (Å²) in [4.78, 5) is 167. The van der Waals surface area contributed by atoms with Crippen LogP contribution >= 0.6 is 0 Å². The first-order valence-electron chi connectivity index (χ1n) is 11.3. The second-order valence-corrected chi connectivity index (χ2v) is 4.76. The third-order valence-electron chi connectivity index (χ3n) is 0. The molecule has 104 N–H and O–H groups in total. The molecule has 0 aromatic carbocycles. The SMILES string of the molecule is N.N.N.N.N.N.N.N.N.N.N.N.N.N.N.N.N.N.N.N.N.N.N.N.N.N.N.N.O=[N+]([O-])O.O=[N+]([O-])O.O=[N+]([O-])O.O=[N+]([O-])O.O=[N+]([O-])O.O=[N+]([O-])O.O=[N+]([O-])O.O=[N+]([O-])O.O=[N+]([O-])O.O=[N+]([O-])O.O=[N+]([O-])O.O=[N+]([O-])O.O=[N+]([O-])O.O=[N+]([O-])O.O=[N+]([O-])O.O=[N+]([O-])O.O=[N+]([O-])O.O=[N+]([O-])O.O=[N+]([O-])O.O=[N+]([O-])O. The Hall–Kier alpha value is -17.1. The molecule has 0 spiro atoms. The van der Waals surface area contributed by atoms with E-state index >= 15 is 0 Å². The Labute approximate surface area is 581 Å². The molecule has 0 saturated heterocycles. The Kier molecular flexibility index (Phi) is 1430. The fourth-order valence-corrected chi connectivity index (χ4v) is 0. The first-order valence-corrected chi connectivity index (χ1v) is 11.3. The molecular weight excluding hydrogens is 1630 g/mol. The van der Waals surface area contributed by atoms with Crippen molar-refractivity contribution in [3.05, 3.63) is 202 Å². The minimum absolute atomic E-state index is 0. The number of hydrogen-bond donors (Lipinski definition) is 48. The molecule has 0 radical (unpaired) electrons. The van der Waals surface area contributed by atoms with Gasteiger partial charge in [0.25, 0.3) is 102 Å². The zero-order valence-corrected chi connectivity index (χ0v) is 54.0. The second kappa shape index (κ2) is 386. The van der Waals surface area contributed by atoms with Crippen LogP contribution in [0, 0.1) is 202 Å². The predicted molar refractivity (Wildman–Crippen MR) is 316 cm³/mol. The molecular formula is H104N48O60. The van der Waals surface area contributed by atoms with Crippen molar-refractivity contribution >= 4 is 0 Å². The summed E-state index contributed by atoms with van der Waals surface area (Å²) in [6.07, 6.45) is 0. The van der Waals surface area contributed by atoms with Gasteiger partial charge < -0.3 is 276 Å². The molecule has 0 unspecified atom stereocenters. The molecule has 0 aromatic rings. The summed E-state index contributed by atoms with van der Waals surface area (Å²) in [5, 5.41) is 273. The van der Waals surface area contributed by atoms with E-state index in [0.717, 1.165) is 0 Å². The molecule has 0 atom stereocenters. The Morgan fingerprint density at radius 1 is 0.0833 bits per heavy atom. The largest absolute Gasteiger partial charge is 0.344 e. The van der Waals surface area contributed by atoms with Gasteiger partial charge >= 0.3 is 0 Å². The van der Waals surface area contributed by atoms with E-state index in [1.807, 2.05) is 0 Å². The average Bonchev–Trinajstić information content (AvgIpc) is 2.99. The van der Waals surface area contributed by atoms with E-state index < -0.39 is 102 Å². The molecule has 108 nitrogen and oxygen atoms in total. The minimum Gasteiger partial charge on any atom is -0.344 e. The summed E-state index contributed by atoms with van der Waals surface area (Å²) >= 11 is 0. The summed E-state index contributed by atoms with van der Waals surface area (Å²) in [7, 11) is 0. The van der Waals surface area contributed by atoms with Gasteiger partial charge in [0.2, 0.25) is 0 Å². The third-order valence-corrected chi connectivity index (χ3v) is 0. The molecule has 0 aliphatic rings. The van der Waals surface area contributed by atoms with Crippen LogP contribution in [0.5, 0.6) is 0 Å². The summed E-state index contributed by atoms with van der Waals surface area (Å²) in [6.45, 7) is 0. The molecule has 0 rings (SSSR count). The smallest absolute Gasteiger partial charge is 0.291 e. The minimum atomic E-state index is -1.50. The van der Waals surface area contributed by atoms with Crippen molar-refractivity contribution in [2.75, 3.05) is 0 Å². The van der Waals surface area contributed by atoms with Crippen molar-refractivity contribution in [1.82, 2.24) is 172 Å². The lowest BCUT2D eigenvalue weighted by Gasteiger charge is -1.56. The van der Waals surface area contributed by atoms with E-state index in [0.29, 0.717) is 0 Å².